The van der Waals surface area contributed by atoms with Crippen molar-refractivity contribution in [1.29, 1.82) is 0 Å². The largest absolute Gasteiger partial charge is 0.355 e. The van der Waals surface area contributed by atoms with E-state index in [1.807, 2.05) is 0 Å². The van der Waals surface area contributed by atoms with E-state index in [9.17, 15) is 12.8 Å². The molecule has 1 aliphatic rings. The van der Waals surface area contributed by atoms with Crippen molar-refractivity contribution in [3.63, 3.8) is 0 Å². The summed E-state index contributed by atoms with van der Waals surface area (Å²) in [5.74, 6) is -0.319. The molecule has 1 heterocycles. The molecule has 0 radical (unpaired) electrons. The number of halogens is 2. The molecule has 2 rings (SSSR count). The maximum absolute atomic E-state index is 13.7. The van der Waals surface area contributed by atoms with Crippen LogP contribution >= 0.6 is 24.0 Å². The minimum Gasteiger partial charge on any atom is -0.355 e. The number of rotatable bonds is 7. The van der Waals surface area contributed by atoms with Crippen LogP contribution in [-0.2, 0) is 9.84 Å². The van der Waals surface area contributed by atoms with Crippen molar-refractivity contribution in [2.45, 2.75) is 37.1 Å². The van der Waals surface area contributed by atoms with Crippen LogP contribution in [-0.4, -0.2) is 64.3 Å². The summed E-state index contributed by atoms with van der Waals surface area (Å²) in [4.78, 5) is 6.36. The lowest BCUT2D eigenvalue weighted by Crippen LogP contribution is -2.49. The topological polar surface area (TPSA) is 73.8 Å². The number of piperidine rings is 1. The van der Waals surface area contributed by atoms with E-state index >= 15 is 0 Å². The van der Waals surface area contributed by atoms with Gasteiger partial charge < -0.3 is 15.5 Å². The predicted molar refractivity (Wildman–Crippen MR) is 118 cm³/mol. The third-order valence-corrected chi connectivity index (χ3v) is 6.27. The van der Waals surface area contributed by atoms with Crippen molar-refractivity contribution in [2.75, 3.05) is 39.0 Å². The highest BCUT2D eigenvalue weighted by atomic mass is 127. The second kappa shape index (κ2) is 11.8. The highest BCUT2D eigenvalue weighted by molar-refractivity contribution is 14.0. The summed E-state index contributed by atoms with van der Waals surface area (Å²) >= 11 is 0. The number of sulfone groups is 1. The summed E-state index contributed by atoms with van der Waals surface area (Å²) in [5.41, 5.74) is 0. The Labute approximate surface area is 178 Å². The monoisotopic (exact) mass is 512 g/mol. The minimum absolute atomic E-state index is 0. The number of aliphatic imine (C=N–C) groups is 1. The number of nitrogens with one attached hydrogen (secondary N) is 2. The molecule has 1 aliphatic heterocycles. The second-order valence-corrected chi connectivity index (χ2v) is 8.59. The Bertz CT molecular complexity index is 707. The molecule has 0 unspecified atom stereocenters. The van der Waals surface area contributed by atoms with E-state index in [2.05, 4.69) is 27.4 Å². The molecule has 1 fully saturated rings. The van der Waals surface area contributed by atoms with Gasteiger partial charge in [-0.1, -0.05) is 19.1 Å². The third-order valence-electron chi connectivity index (χ3n) is 4.53. The van der Waals surface area contributed by atoms with E-state index in [-0.39, 0.29) is 41.2 Å². The summed E-state index contributed by atoms with van der Waals surface area (Å²) in [6.45, 7) is 5.61. The van der Waals surface area contributed by atoms with Crippen LogP contribution in [0.4, 0.5) is 4.39 Å². The Morgan fingerprint density at radius 1 is 1.30 bits per heavy atom. The van der Waals surface area contributed by atoms with Crippen LogP contribution in [0, 0.1) is 5.82 Å². The zero-order valence-corrected chi connectivity index (χ0v) is 19.1. The fraction of sp³-hybridized carbons (Fsp3) is 0.611. The molecule has 6 nitrogen and oxygen atoms in total. The van der Waals surface area contributed by atoms with Crippen molar-refractivity contribution in [3.8, 4) is 0 Å². The number of nitrogens with zero attached hydrogens (tertiary/aromatic N) is 2. The van der Waals surface area contributed by atoms with Gasteiger partial charge in [-0.05, 0) is 37.9 Å². The van der Waals surface area contributed by atoms with Crippen molar-refractivity contribution in [3.05, 3.63) is 30.1 Å². The molecule has 154 valence electrons. The molecule has 0 bridgehead atoms. The van der Waals surface area contributed by atoms with Crippen molar-refractivity contribution in [2.24, 2.45) is 4.99 Å². The first-order chi connectivity index (χ1) is 12.5. The van der Waals surface area contributed by atoms with Gasteiger partial charge in [-0.25, -0.2) is 12.8 Å². The lowest BCUT2D eigenvalue weighted by molar-refractivity contribution is 0.206. The van der Waals surface area contributed by atoms with Gasteiger partial charge in [0.05, 0.1) is 5.75 Å². The summed E-state index contributed by atoms with van der Waals surface area (Å²) < 4.78 is 38.2. The molecule has 1 saturated heterocycles. The van der Waals surface area contributed by atoms with Gasteiger partial charge in [-0.15, -0.1) is 24.0 Å². The zero-order chi connectivity index (χ0) is 19.0. The molecule has 27 heavy (non-hydrogen) atoms. The Kier molecular flexibility index (Phi) is 10.5. The standard InChI is InChI=1S/C18H29FN4O2S.HI/c1-3-11-23-12-8-15(9-13-23)22-18(20-2)21-10-14-26(24,25)17-7-5-4-6-16(17)19;/h4-7,15H,3,8-14H2,1-2H3,(H2,20,21,22);1H. The van der Waals surface area contributed by atoms with Crippen LogP contribution in [0.25, 0.3) is 0 Å². The first kappa shape index (κ1) is 24.1. The highest BCUT2D eigenvalue weighted by Crippen LogP contribution is 2.15. The van der Waals surface area contributed by atoms with Crippen LogP contribution < -0.4 is 10.6 Å². The van der Waals surface area contributed by atoms with Crippen LogP contribution in [0.2, 0.25) is 0 Å². The normalized spacial score (nSPS) is 16.6. The summed E-state index contributed by atoms with van der Waals surface area (Å²) in [6.07, 6.45) is 3.24. The van der Waals surface area contributed by atoms with Gasteiger partial charge in [0.2, 0.25) is 0 Å². The molecule has 0 aromatic heterocycles. The molecule has 0 amide bonds. The van der Waals surface area contributed by atoms with Gasteiger partial charge >= 0.3 is 0 Å². The lowest BCUT2D eigenvalue weighted by Gasteiger charge is -2.32. The van der Waals surface area contributed by atoms with Gasteiger partial charge in [-0.3, -0.25) is 4.99 Å². The number of likely N-dealkylation sites (tertiary alicyclic amines) is 1. The van der Waals surface area contributed by atoms with E-state index in [1.54, 1.807) is 7.05 Å². The highest BCUT2D eigenvalue weighted by Gasteiger charge is 2.21. The van der Waals surface area contributed by atoms with Gasteiger partial charge in [0, 0.05) is 32.7 Å². The second-order valence-electron chi connectivity index (χ2n) is 6.51. The number of hydrogen-bond donors (Lipinski definition) is 2. The maximum Gasteiger partial charge on any atom is 0.191 e. The van der Waals surface area contributed by atoms with E-state index in [4.69, 9.17) is 0 Å². The molecule has 0 spiro atoms. The lowest BCUT2D eigenvalue weighted by atomic mass is 10.1. The van der Waals surface area contributed by atoms with Crippen molar-refractivity contribution < 1.29 is 12.8 Å². The van der Waals surface area contributed by atoms with Gasteiger partial charge in [0.15, 0.2) is 15.8 Å². The van der Waals surface area contributed by atoms with Crippen LogP contribution in [0.15, 0.2) is 34.2 Å². The summed E-state index contributed by atoms with van der Waals surface area (Å²) in [5, 5.41) is 6.37. The van der Waals surface area contributed by atoms with Crippen LogP contribution in [0.1, 0.15) is 26.2 Å². The molecule has 9 heteroatoms. The van der Waals surface area contributed by atoms with E-state index in [0.29, 0.717) is 12.0 Å². The maximum atomic E-state index is 13.7. The smallest absolute Gasteiger partial charge is 0.191 e. The Hall–Kier alpha value is -0.940. The summed E-state index contributed by atoms with van der Waals surface area (Å²) in [6, 6.07) is 5.78. The number of guanidine groups is 1. The molecule has 2 N–H and O–H groups in total. The summed E-state index contributed by atoms with van der Waals surface area (Å²) in [7, 11) is -2.01. The van der Waals surface area contributed by atoms with Crippen molar-refractivity contribution >= 4 is 39.8 Å². The Morgan fingerprint density at radius 2 is 1.96 bits per heavy atom. The number of benzene rings is 1. The molecular weight excluding hydrogens is 482 g/mol. The first-order valence-corrected chi connectivity index (χ1v) is 10.8. The van der Waals surface area contributed by atoms with Gasteiger partial charge in [-0.2, -0.15) is 0 Å². The molecular formula is C18H30FIN4O2S. The predicted octanol–water partition coefficient (Wildman–Crippen LogP) is 2.26. The van der Waals surface area contributed by atoms with E-state index in [1.165, 1.54) is 18.2 Å². The average Bonchev–Trinajstić information content (AvgIpc) is 2.62. The number of hydrogen-bond acceptors (Lipinski definition) is 4. The van der Waals surface area contributed by atoms with Gasteiger partial charge in [0.25, 0.3) is 0 Å². The SMILES string of the molecule is CCCN1CCC(NC(=NC)NCCS(=O)(=O)c2ccccc2F)CC1.I. The van der Waals surface area contributed by atoms with Crippen molar-refractivity contribution in [1.82, 2.24) is 15.5 Å². The molecule has 1 aromatic rings. The Balaban J connectivity index is 0.00000364. The first-order valence-electron chi connectivity index (χ1n) is 9.13. The third kappa shape index (κ3) is 7.53. The fourth-order valence-electron chi connectivity index (χ4n) is 3.12. The molecule has 0 atom stereocenters. The Morgan fingerprint density at radius 3 is 2.56 bits per heavy atom. The quantitative estimate of drug-likeness (QED) is 0.333. The van der Waals surface area contributed by atoms with Gasteiger partial charge in [0.1, 0.15) is 10.7 Å². The molecule has 0 saturated carbocycles. The van der Waals surface area contributed by atoms with Crippen LogP contribution in [0.3, 0.4) is 0 Å². The minimum atomic E-state index is -3.67. The molecule has 1 aromatic carbocycles. The van der Waals surface area contributed by atoms with E-state index < -0.39 is 15.7 Å². The fourth-order valence-corrected chi connectivity index (χ4v) is 4.36. The van der Waals surface area contributed by atoms with E-state index in [0.717, 1.165) is 45.0 Å². The average molecular weight is 512 g/mol. The van der Waals surface area contributed by atoms with Crippen LogP contribution in [0.5, 0.6) is 0 Å². The zero-order valence-electron chi connectivity index (χ0n) is 15.9. The molecule has 0 aliphatic carbocycles.